The predicted molar refractivity (Wildman–Crippen MR) is 113 cm³/mol. The van der Waals surface area contributed by atoms with E-state index in [-0.39, 0.29) is 18.0 Å². The van der Waals surface area contributed by atoms with Gasteiger partial charge in [-0.3, -0.25) is 4.90 Å². The van der Waals surface area contributed by atoms with E-state index in [1.807, 2.05) is 30.5 Å². The molecule has 4 atom stereocenters. The van der Waals surface area contributed by atoms with E-state index in [0.717, 1.165) is 43.9 Å². The maximum absolute atomic E-state index is 13.6. The van der Waals surface area contributed by atoms with E-state index in [1.165, 1.54) is 6.07 Å². The first-order valence-electron chi connectivity index (χ1n) is 10.7. The number of fused-ring (bicyclic) bond motifs is 1. The summed E-state index contributed by atoms with van der Waals surface area (Å²) in [5.41, 5.74) is 1.04. The van der Waals surface area contributed by atoms with Crippen LogP contribution < -0.4 is 4.74 Å². The van der Waals surface area contributed by atoms with Gasteiger partial charge in [0, 0.05) is 44.3 Å². The Labute approximate surface area is 176 Å². The van der Waals surface area contributed by atoms with E-state index in [4.69, 9.17) is 4.74 Å². The van der Waals surface area contributed by atoms with Crippen LogP contribution in [0.15, 0.2) is 61.1 Å². The summed E-state index contributed by atoms with van der Waals surface area (Å²) in [7, 11) is 0. The highest BCUT2D eigenvalue weighted by Gasteiger charge is 2.44. The molecule has 156 valence electrons. The molecule has 0 amide bonds. The fourth-order valence-electron chi connectivity index (χ4n) is 5.24. The zero-order chi connectivity index (χ0) is 20.5. The Morgan fingerprint density at radius 1 is 1.03 bits per heavy atom. The molecule has 1 aliphatic heterocycles. The van der Waals surface area contributed by atoms with E-state index >= 15 is 0 Å². The molecule has 3 heterocycles. The number of nitrogens with zero attached hydrogens (tertiary/aromatic N) is 4. The Morgan fingerprint density at radius 3 is 2.63 bits per heavy atom. The van der Waals surface area contributed by atoms with Crippen molar-refractivity contribution in [2.24, 2.45) is 11.8 Å². The van der Waals surface area contributed by atoms with Crippen molar-refractivity contribution in [1.29, 1.82) is 0 Å². The molecular weight excluding hydrogens is 379 g/mol. The van der Waals surface area contributed by atoms with Crippen molar-refractivity contribution in [3.05, 3.63) is 78.3 Å². The molecular formula is C24H27FN4O. The summed E-state index contributed by atoms with van der Waals surface area (Å²) in [6.45, 7) is 4.92. The second kappa shape index (κ2) is 8.19. The first-order valence-corrected chi connectivity index (χ1v) is 10.7. The molecule has 0 N–H and O–H groups in total. The molecule has 1 saturated carbocycles. The summed E-state index contributed by atoms with van der Waals surface area (Å²) >= 11 is 0. The number of benzene rings is 1. The van der Waals surface area contributed by atoms with Gasteiger partial charge in [-0.15, -0.1) is 0 Å². The monoisotopic (exact) mass is 406 g/mol. The molecule has 30 heavy (non-hydrogen) atoms. The Morgan fingerprint density at radius 2 is 1.90 bits per heavy atom. The van der Waals surface area contributed by atoms with Gasteiger partial charge in [0.15, 0.2) is 0 Å². The highest BCUT2D eigenvalue weighted by Crippen LogP contribution is 2.43. The summed E-state index contributed by atoms with van der Waals surface area (Å²) in [6.07, 6.45) is 7.80. The fraction of sp³-hybridized carbons (Fsp3) is 0.417. The lowest BCUT2D eigenvalue weighted by molar-refractivity contribution is 0.0504. The van der Waals surface area contributed by atoms with Crippen LogP contribution in [0, 0.1) is 24.6 Å². The van der Waals surface area contributed by atoms with Gasteiger partial charge in [0.25, 0.3) is 0 Å². The number of halogens is 1. The fourth-order valence-corrected chi connectivity index (χ4v) is 5.24. The molecule has 1 aromatic carbocycles. The van der Waals surface area contributed by atoms with Crippen molar-refractivity contribution in [3.63, 3.8) is 0 Å². The normalized spacial score (nSPS) is 26.5. The second-order valence-electron chi connectivity index (χ2n) is 8.59. The molecule has 1 aliphatic carbocycles. The number of rotatable bonds is 5. The zero-order valence-corrected chi connectivity index (χ0v) is 17.2. The third-order valence-corrected chi connectivity index (χ3v) is 6.59. The van der Waals surface area contributed by atoms with Gasteiger partial charge in [-0.05, 0) is 55.4 Å². The highest BCUT2D eigenvalue weighted by molar-refractivity contribution is 5.17. The van der Waals surface area contributed by atoms with Gasteiger partial charge < -0.3 is 9.30 Å². The van der Waals surface area contributed by atoms with Crippen LogP contribution in [0.1, 0.15) is 30.3 Å². The van der Waals surface area contributed by atoms with Crippen molar-refractivity contribution in [2.45, 2.75) is 38.5 Å². The molecule has 2 aromatic heterocycles. The third kappa shape index (κ3) is 3.97. The van der Waals surface area contributed by atoms with Crippen molar-refractivity contribution >= 4 is 0 Å². The minimum Gasteiger partial charge on any atom is -0.472 e. The van der Waals surface area contributed by atoms with Crippen LogP contribution in [0.5, 0.6) is 5.88 Å². The molecule has 0 radical (unpaired) electrons. The van der Waals surface area contributed by atoms with Crippen LogP contribution in [0.4, 0.5) is 4.39 Å². The van der Waals surface area contributed by atoms with Gasteiger partial charge in [0.2, 0.25) is 5.88 Å². The molecule has 5 nitrogen and oxygen atoms in total. The van der Waals surface area contributed by atoms with Gasteiger partial charge in [-0.1, -0.05) is 18.2 Å². The van der Waals surface area contributed by atoms with Crippen molar-refractivity contribution in [3.8, 4) is 5.88 Å². The summed E-state index contributed by atoms with van der Waals surface area (Å²) < 4.78 is 22.3. The zero-order valence-electron chi connectivity index (χ0n) is 17.2. The first kappa shape index (κ1) is 19.2. The lowest BCUT2D eigenvalue weighted by atomic mass is 9.77. The van der Waals surface area contributed by atoms with E-state index < -0.39 is 0 Å². The molecule has 0 spiro atoms. The molecule has 1 saturated heterocycles. The van der Waals surface area contributed by atoms with Crippen LogP contribution in [-0.4, -0.2) is 38.6 Å². The number of hydrogen-bond donors (Lipinski definition) is 0. The quantitative estimate of drug-likeness (QED) is 0.635. The Hall–Kier alpha value is -2.73. The maximum atomic E-state index is 13.6. The SMILES string of the molecule is Cc1nccn1[C@H]1C[C@H]2CN(Cc3cccc(F)c3)C[C@H]2C[C@@H]1Oc1ccccn1. The molecule has 2 fully saturated rings. The molecule has 3 aromatic rings. The summed E-state index contributed by atoms with van der Waals surface area (Å²) in [5.74, 6) is 2.71. The smallest absolute Gasteiger partial charge is 0.213 e. The van der Waals surface area contributed by atoms with Crippen LogP contribution in [-0.2, 0) is 6.54 Å². The minimum absolute atomic E-state index is 0.0585. The summed E-state index contributed by atoms with van der Waals surface area (Å²) in [6, 6.07) is 13.0. The van der Waals surface area contributed by atoms with Gasteiger partial charge in [0.1, 0.15) is 17.7 Å². The summed E-state index contributed by atoms with van der Waals surface area (Å²) in [5, 5.41) is 0. The van der Waals surface area contributed by atoms with E-state index in [2.05, 4.69) is 32.6 Å². The Bertz CT molecular complexity index is 992. The number of aryl methyl sites for hydroxylation is 1. The lowest BCUT2D eigenvalue weighted by Crippen LogP contribution is -2.40. The number of hydrogen-bond acceptors (Lipinski definition) is 4. The average molecular weight is 407 g/mol. The van der Waals surface area contributed by atoms with Gasteiger partial charge in [-0.2, -0.15) is 0 Å². The third-order valence-electron chi connectivity index (χ3n) is 6.59. The molecule has 0 bridgehead atoms. The van der Waals surface area contributed by atoms with Gasteiger partial charge in [-0.25, -0.2) is 14.4 Å². The minimum atomic E-state index is -0.163. The molecule has 5 rings (SSSR count). The molecule has 6 heteroatoms. The first-order chi connectivity index (χ1) is 14.7. The van der Waals surface area contributed by atoms with Gasteiger partial charge in [0.05, 0.1) is 6.04 Å². The van der Waals surface area contributed by atoms with E-state index in [0.29, 0.717) is 17.7 Å². The van der Waals surface area contributed by atoms with Crippen LogP contribution in [0.2, 0.25) is 0 Å². The highest BCUT2D eigenvalue weighted by atomic mass is 19.1. The van der Waals surface area contributed by atoms with Crippen molar-refractivity contribution in [2.75, 3.05) is 13.1 Å². The molecule has 0 unspecified atom stereocenters. The number of ether oxygens (including phenoxy) is 1. The van der Waals surface area contributed by atoms with Crippen LogP contribution >= 0.6 is 0 Å². The van der Waals surface area contributed by atoms with Gasteiger partial charge >= 0.3 is 0 Å². The number of imidazole rings is 1. The topological polar surface area (TPSA) is 43.2 Å². The van der Waals surface area contributed by atoms with Crippen molar-refractivity contribution in [1.82, 2.24) is 19.4 Å². The second-order valence-corrected chi connectivity index (χ2v) is 8.59. The predicted octanol–water partition coefficient (Wildman–Crippen LogP) is 4.26. The van der Waals surface area contributed by atoms with Crippen LogP contribution in [0.25, 0.3) is 0 Å². The Balaban J connectivity index is 1.34. The van der Waals surface area contributed by atoms with E-state index in [1.54, 1.807) is 18.3 Å². The average Bonchev–Trinajstić information content (AvgIpc) is 3.33. The standard InChI is InChI=1S/C24H27FN4O/c1-17-26-9-10-29(17)22-12-19-15-28(14-18-5-4-6-21(25)11-18)16-20(19)13-23(22)30-24-7-2-3-8-27-24/h2-11,19-20,22-23H,12-16H2,1H3/t19-,20+,22-,23-/m0/s1. The number of pyridine rings is 1. The largest absolute Gasteiger partial charge is 0.472 e. The van der Waals surface area contributed by atoms with E-state index in [9.17, 15) is 4.39 Å². The number of aromatic nitrogens is 3. The summed E-state index contributed by atoms with van der Waals surface area (Å²) in [4.78, 5) is 11.3. The Kier molecular flexibility index (Phi) is 5.25. The van der Waals surface area contributed by atoms with Crippen LogP contribution in [0.3, 0.4) is 0 Å². The number of likely N-dealkylation sites (tertiary alicyclic amines) is 1. The molecule has 2 aliphatic rings. The lowest BCUT2D eigenvalue weighted by Gasteiger charge is -2.38. The van der Waals surface area contributed by atoms with Crippen molar-refractivity contribution < 1.29 is 9.13 Å². The maximum Gasteiger partial charge on any atom is 0.213 e.